The Morgan fingerprint density at radius 1 is 0.912 bits per heavy atom. The molecule has 0 radical (unpaired) electrons. The predicted molar refractivity (Wildman–Crippen MR) is 131 cm³/mol. The van der Waals surface area contributed by atoms with Crippen LogP contribution >= 0.6 is 0 Å². The molecule has 1 aromatic heterocycles. The van der Waals surface area contributed by atoms with Crippen molar-refractivity contribution in [1.29, 1.82) is 0 Å². The van der Waals surface area contributed by atoms with Gasteiger partial charge in [-0.25, -0.2) is 9.78 Å². The Labute approximate surface area is 197 Å². The number of hydrogen-bond acceptors (Lipinski definition) is 4. The van der Waals surface area contributed by atoms with Crippen LogP contribution in [0.15, 0.2) is 91.0 Å². The first kappa shape index (κ1) is 22.7. The molecule has 3 aromatic carbocycles. The normalized spacial score (nSPS) is 10.5. The maximum Gasteiger partial charge on any atom is 0.354 e. The number of pyridine rings is 1. The van der Waals surface area contributed by atoms with Crippen LogP contribution < -0.4 is 10.1 Å². The van der Waals surface area contributed by atoms with Crippen molar-refractivity contribution in [3.63, 3.8) is 0 Å². The van der Waals surface area contributed by atoms with Gasteiger partial charge in [-0.1, -0.05) is 48.5 Å². The topological polar surface area (TPSA) is 88.5 Å². The number of aromatic nitrogens is 1. The predicted octanol–water partition coefficient (Wildman–Crippen LogP) is 5.63. The summed E-state index contributed by atoms with van der Waals surface area (Å²) in [6.07, 6.45) is 0.819. The molecule has 2 N–H and O–H groups in total. The van der Waals surface area contributed by atoms with E-state index >= 15 is 0 Å². The lowest BCUT2D eigenvalue weighted by molar-refractivity contribution is 0.0689. The molecule has 34 heavy (non-hydrogen) atoms. The lowest BCUT2D eigenvalue weighted by Gasteiger charge is -2.10. The number of carbonyl (C=O) groups excluding carboxylic acids is 1. The molecule has 6 nitrogen and oxygen atoms in total. The summed E-state index contributed by atoms with van der Waals surface area (Å²) in [6, 6.07) is 27.7. The standard InChI is InChI=1S/C28H24N2O4/c1-19-10-15-25(30-26(19)28(32)33)21-8-5-9-22(18-21)27(31)29-23-11-13-24(14-12-23)34-17-16-20-6-3-2-4-7-20/h2-15,18H,16-17H2,1H3,(H,29,31)(H,32,33). The van der Waals surface area contributed by atoms with Gasteiger partial charge in [0.1, 0.15) is 5.75 Å². The van der Waals surface area contributed by atoms with E-state index in [0.29, 0.717) is 34.7 Å². The minimum Gasteiger partial charge on any atom is -0.493 e. The monoisotopic (exact) mass is 452 g/mol. The number of nitrogens with zero attached hydrogens (tertiary/aromatic N) is 1. The zero-order valence-corrected chi connectivity index (χ0v) is 18.7. The van der Waals surface area contributed by atoms with Crippen molar-refractivity contribution in [3.05, 3.63) is 113 Å². The Bertz CT molecular complexity index is 1300. The highest BCUT2D eigenvalue weighted by atomic mass is 16.5. The minimum atomic E-state index is -1.08. The van der Waals surface area contributed by atoms with Crippen LogP contribution in [0.2, 0.25) is 0 Å². The first-order chi connectivity index (χ1) is 16.5. The molecule has 0 atom stereocenters. The maximum absolute atomic E-state index is 12.8. The molecule has 0 aliphatic rings. The number of ether oxygens (including phenoxy) is 1. The third-order valence-corrected chi connectivity index (χ3v) is 5.33. The lowest BCUT2D eigenvalue weighted by Crippen LogP contribution is -2.12. The molecule has 0 spiro atoms. The van der Waals surface area contributed by atoms with Crippen molar-refractivity contribution in [3.8, 4) is 17.0 Å². The van der Waals surface area contributed by atoms with Crippen molar-refractivity contribution in [2.24, 2.45) is 0 Å². The summed E-state index contributed by atoms with van der Waals surface area (Å²) >= 11 is 0. The van der Waals surface area contributed by atoms with E-state index in [1.165, 1.54) is 5.56 Å². The summed E-state index contributed by atoms with van der Waals surface area (Å²) in [6.45, 7) is 2.27. The Balaban J connectivity index is 1.39. The molecule has 4 rings (SSSR count). The van der Waals surface area contributed by atoms with Gasteiger partial charge in [0.05, 0.1) is 12.3 Å². The van der Waals surface area contributed by atoms with Gasteiger partial charge < -0.3 is 15.2 Å². The number of hydrogen-bond donors (Lipinski definition) is 2. The van der Waals surface area contributed by atoms with Crippen LogP contribution in [0.25, 0.3) is 11.3 Å². The van der Waals surface area contributed by atoms with Crippen LogP contribution in [0.4, 0.5) is 5.69 Å². The molecule has 0 aliphatic heterocycles. The molecule has 0 bridgehead atoms. The second-order valence-electron chi connectivity index (χ2n) is 7.81. The Hall–Kier alpha value is -4.45. The van der Waals surface area contributed by atoms with Gasteiger partial charge in [-0.05, 0) is 60.5 Å². The molecule has 6 heteroatoms. The first-order valence-electron chi connectivity index (χ1n) is 10.9. The number of aromatic carboxylic acids is 1. The van der Waals surface area contributed by atoms with E-state index in [1.807, 2.05) is 30.3 Å². The molecule has 4 aromatic rings. The van der Waals surface area contributed by atoms with Crippen LogP contribution in [0.1, 0.15) is 32.0 Å². The van der Waals surface area contributed by atoms with Crippen molar-refractivity contribution < 1.29 is 19.4 Å². The van der Waals surface area contributed by atoms with Gasteiger partial charge in [-0.3, -0.25) is 4.79 Å². The minimum absolute atomic E-state index is 0.00145. The SMILES string of the molecule is Cc1ccc(-c2cccc(C(=O)Nc3ccc(OCCc4ccccc4)cc3)c2)nc1C(=O)O. The number of benzene rings is 3. The summed E-state index contributed by atoms with van der Waals surface area (Å²) in [5.41, 5.74) is 4.05. The van der Waals surface area contributed by atoms with Crippen LogP contribution in [-0.2, 0) is 6.42 Å². The molecule has 0 fully saturated rings. The summed E-state index contributed by atoms with van der Waals surface area (Å²) in [5.74, 6) is -0.624. The van der Waals surface area contributed by atoms with E-state index in [9.17, 15) is 14.7 Å². The van der Waals surface area contributed by atoms with E-state index < -0.39 is 5.97 Å². The van der Waals surface area contributed by atoms with Gasteiger partial charge >= 0.3 is 5.97 Å². The second kappa shape index (κ2) is 10.4. The van der Waals surface area contributed by atoms with Crippen molar-refractivity contribution in [2.45, 2.75) is 13.3 Å². The van der Waals surface area contributed by atoms with Gasteiger partial charge in [0.15, 0.2) is 5.69 Å². The molecular formula is C28H24N2O4. The Morgan fingerprint density at radius 2 is 1.68 bits per heavy atom. The summed E-state index contributed by atoms with van der Waals surface area (Å²) < 4.78 is 5.79. The van der Waals surface area contributed by atoms with Crippen molar-refractivity contribution >= 4 is 17.6 Å². The Kier molecular flexibility index (Phi) is 6.98. The van der Waals surface area contributed by atoms with Gasteiger partial charge in [-0.2, -0.15) is 0 Å². The highest BCUT2D eigenvalue weighted by Gasteiger charge is 2.13. The summed E-state index contributed by atoms with van der Waals surface area (Å²) in [7, 11) is 0. The van der Waals surface area contributed by atoms with Gasteiger partial charge in [0, 0.05) is 23.2 Å². The third-order valence-electron chi connectivity index (χ3n) is 5.33. The number of carbonyl (C=O) groups is 2. The molecule has 0 aliphatic carbocycles. The number of anilines is 1. The molecule has 0 saturated heterocycles. The summed E-state index contributed by atoms with van der Waals surface area (Å²) in [4.78, 5) is 28.4. The molecule has 1 amide bonds. The van der Waals surface area contributed by atoms with Crippen LogP contribution in [-0.4, -0.2) is 28.6 Å². The van der Waals surface area contributed by atoms with E-state index in [1.54, 1.807) is 55.5 Å². The maximum atomic E-state index is 12.8. The number of rotatable bonds is 8. The molecule has 0 saturated carbocycles. The van der Waals surface area contributed by atoms with Crippen molar-refractivity contribution in [2.75, 3.05) is 11.9 Å². The van der Waals surface area contributed by atoms with Crippen LogP contribution in [0, 0.1) is 6.92 Å². The average Bonchev–Trinajstić information content (AvgIpc) is 2.86. The smallest absolute Gasteiger partial charge is 0.354 e. The number of nitrogens with one attached hydrogen (secondary N) is 1. The zero-order valence-electron chi connectivity index (χ0n) is 18.7. The largest absolute Gasteiger partial charge is 0.493 e. The second-order valence-corrected chi connectivity index (χ2v) is 7.81. The fourth-order valence-corrected chi connectivity index (χ4v) is 3.49. The van der Waals surface area contributed by atoms with Gasteiger partial charge in [0.25, 0.3) is 5.91 Å². The number of carboxylic acid groups (broad SMARTS) is 1. The van der Waals surface area contributed by atoms with Gasteiger partial charge in [0.2, 0.25) is 0 Å². The van der Waals surface area contributed by atoms with Gasteiger partial charge in [-0.15, -0.1) is 0 Å². The zero-order chi connectivity index (χ0) is 23.9. The average molecular weight is 453 g/mol. The molecule has 170 valence electrons. The fourth-order valence-electron chi connectivity index (χ4n) is 3.49. The summed E-state index contributed by atoms with van der Waals surface area (Å²) in [5, 5.41) is 12.2. The highest BCUT2D eigenvalue weighted by Crippen LogP contribution is 2.22. The molecule has 1 heterocycles. The van der Waals surface area contributed by atoms with Crippen molar-refractivity contribution in [1.82, 2.24) is 4.98 Å². The first-order valence-corrected chi connectivity index (χ1v) is 10.9. The third kappa shape index (κ3) is 5.66. The fraction of sp³-hybridized carbons (Fsp3) is 0.107. The number of carboxylic acids is 1. The van der Waals surface area contributed by atoms with Crippen LogP contribution in [0.5, 0.6) is 5.75 Å². The van der Waals surface area contributed by atoms with E-state index in [0.717, 1.165) is 12.2 Å². The quantitative estimate of drug-likeness (QED) is 0.362. The highest BCUT2D eigenvalue weighted by molar-refractivity contribution is 6.05. The molecular weight excluding hydrogens is 428 g/mol. The Morgan fingerprint density at radius 3 is 2.41 bits per heavy atom. The van der Waals surface area contributed by atoms with E-state index in [-0.39, 0.29) is 11.6 Å². The van der Waals surface area contributed by atoms with E-state index in [4.69, 9.17) is 4.74 Å². The van der Waals surface area contributed by atoms with E-state index in [2.05, 4.69) is 22.4 Å². The lowest BCUT2D eigenvalue weighted by atomic mass is 10.1. The molecule has 0 unspecified atom stereocenters. The number of amides is 1. The number of aryl methyl sites for hydroxylation is 1. The van der Waals surface area contributed by atoms with Crippen LogP contribution in [0.3, 0.4) is 0 Å².